The second kappa shape index (κ2) is 4.60. The van der Waals surface area contributed by atoms with Crippen LogP contribution in [0.5, 0.6) is 5.75 Å². The molecule has 108 valence electrons. The van der Waals surface area contributed by atoms with E-state index in [1.807, 2.05) is 25.1 Å². The lowest BCUT2D eigenvalue weighted by Gasteiger charge is -2.22. The molecule has 1 aliphatic rings. The maximum Gasteiger partial charge on any atom is 0.268 e. The number of fused-ring (bicyclic) bond motifs is 1. The monoisotopic (exact) mass is 283 g/mol. The summed E-state index contributed by atoms with van der Waals surface area (Å²) in [6.07, 6.45) is 0. The number of aliphatic hydroxyl groups is 1. The molecule has 4 nitrogen and oxygen atoms in total. The van der Waals surface area contributed by atoms with Gasteiger partial charge in [-0.25, -0.2) is 0 Å². The molecule has 0 saturated carbocycles. The van der Waals surface area contributed by atoms with Gasteiger partial charge in [-0.3, -0.25) is 4.79 Å². The summed E-state index contributed by atoms with van der Waals surface area (Å²) in [7, 11) is 3.26. The predicted octanol–water partition coefficient (Wildman–Crippen LogP) is 2.22. The normalized spacial score (nSPS) is 20.6. The standard InChI is InChI=1S/C17H17NO3/c1-11-4-9-15-14(10-11)17(20,16(19)18(15)2)12-5-7-13(21-3)8-6-12/h4-10,20H,1-3H3/t17-/m0/s1. The van der Waals surface area contributed by atoms with Crippen LogP contribution in [0.15, 0.2) is 42.5 Å². The summed E-state index contributed by atoms with van der Waals surface area (Å²) in [6.45, 7) is 1.94. The van der Waals surface area contributed by atoms with Crippen LogP contribution in [0.2, 0.25) is 0 Å². The number of nitrogens with zero attached hydrogens (tertiary/aromatic N) is 1. The van der Waals surface area contributed by atoms with E-state index in [2.05, 4.69) is 0 Å². The average Bonchev–Trinajstić information content (AvgIpc) is 2.70. The molecule has 1 atom stereocenters. The highest BCUT2D eigenvalue weighted by molar-refractivity contribution is 6.08. The molecule has 0 aliphatic carbocycles. The molecule has 0 radical (unpaired) electrons. The number of likely N-dealkylation sites (N-methyl/N-ethyl adjacent to an activating group) is 1. The van der Waals surface area contributed by atoms with Crippen molar-refractivity contribution in [2.75, 3.05) is 19.1 Å². The fourth-order valence-electron chi connectivity index (χ4n) is 2.81. The maximum atomic E-state index is 12.6. The summed E-state index contributed by atoms with van der Waals surface area (Å²) in [5, 5.41) is 11.1. The molecule has 2 aromatic rings. The second-order valence-corrected chi connectivity index (χ2v) is 5.32. The molecule has 2 aromatic carbocycles. The lowest BCUT2D eigenvalue weighted by molar-refractivity contribution is -0.131. The van der Waals surface area contributed by atoms with Gasteiger partial charge in [0.25, 0.3) is 5.91 Å². The van der Waals surface area contributed by atoms with Gasteiger partial charge >= 0.3 is 0 Å². The summed E-state index contributed by atoms with van der Waals surface area (Å²) >= 11 is 0. The van der Waals surface area contributed by atoms with Crippen LogP contribution < -0.4 is 9.64 Å². The molecule has 0 spiro atoms. The Balaban J connectivity index is 2.20. The van der Waals surface area contributed by atoms with Gasteiger partial charge in [0, 0.05) is 12.6 Å². The second-order valence-electron chi connectivity index (χ2n) is 5.32. The molecule has 4 heteroatoms. The van der Waals surface area contributed by atoms with E-state index in [-0.39, 0.29) is 5.91 Å². The molecular formula is C17H17NO3. The highest BCUT2D eigenvalue weighted by Crippen LogP contribution is 2.44. The molecule has 1 amide bonds. The summed E-state index contributed by atoms with van der Waals surface area (Å²) in [6, 6.07) is 12.6. The van der Waals surface area contributed by atoms with Crippen molar-refractivity contribution in [2.24, 2.45) is 0 Å². The lowest BCUT2D eigenvalue weighted by atomic mass is 9.87. The van der Waals surface area contributed by atoms with Crippen LogP contribution in [-0.4, -0.2) is 25.2 Å². The molecule has 0 aromatic heterocycles. The fourth-order valence-corrected chi connectivity index (χ4v) is 2.81. The van der Waals surface area contributed by atoms with Crippen LogP contribution in [-0.2, 0) is 10.4 Å². The molecule has 3 rings (SSSR count). The molecule has 1 aliphatic heterocycles. The first kappa shape index (κ1) is 13.6. The molecule has 1 N–H and O–H groups in total. The molecule has 0 saturated heterocycles. The number of rotatable bonds is 2. The van der Waals surface area contributed by atoms with E-state index in [4.69, 9.17) is 4.74 Å². The third-order valence-corrected chi connectivity index (χ3v) is 4.03. The number of methoxy groups -OCH3 is 1. The minimum atomic E-state index is -1.64. The lowest BCUT2D eigenvalue weighted by Crippen LogP contribution is -2.39. The summed E-state index contributed by atoms with van der Waals surface area (Å²) in [5.41, 5.74) is 1.28. The third-order valence-electron chi connectivity index (χ3n) is 4.03. The molecule has 0 bridgehead atoms. The molecule has 21 heavy (non-hydrogen) atoms. The molecule has 0 unspecified atom stereocenters. The van der Waals surface area contributed by atoms with Crippen molar-refractivity contribution in [3.63, 3.8) is 0 Å². The fraction of sp³-hybridized carbons (Fsp3) is 0.235. The SMILES string of the molecule is COc1ccc([C@@]2(O)C(=O)N(C)c3ccc(C)cc32)cc1. The van der Waals surface area contributed by atoms with E-state index in [9.17, 15) is 9.90 Å². The Hall–Kier alpha value is -2.33. The van der Waals surface area contributed by atoms with Crippen molar-refractivity contribution in [1.82, 2.24) is 0 Å². The zero-order valence-corrected chi connectivity index (χ0v) is 12.3. The Kier molecular flexibility index (Phi) is 2.99. The number of aryl methyl sites for hydroxylation is 1. The first-order valence-corrected chi connectivity index (χ1v) is 6.74. The van der Waals surface area contributed by atoms with Crippen molar-refractivity contribution < 1.29 is 14.6 Å². The van der Waals surface area contributed by atoms with Crippen LogP contribution in [0, 0.1) is 6.92 Å². The van der Waals surface area contributed by atoms with E-state index in [1.165, 1.54) is 4.90 Å². The smallest absolute Gasteiger partial charge is 0.268 e. The van der Waals surface area contributed by atoms with Gasteiger partial charge in [0.05, 0.1) is 12.8 Å². The molecular weight excluding hydrogens is 266 g/mol. The van der Waals surface area contributed by atoms with E-state index in [0.717, 1.165) is 11.3 Å². The first-order valence-electron chi connectivity index (χ1n) is 6.74. The Bertz CT molecular complexity index is 708. The molecule has 1 heterocycles. The van der Waals surface area contributed by atoms with Crippen molar-refractivity contribution in [2.45, 2.75) is 12.5 Å². The van der Waals surface area contributed by atoms with E-state index in [0.29, 0.717) is 16.9 Å². The van der Waals surface area contributed by atoms with E-state index < -0.39 is 5.60 Å². The Morgan fingerprint density at radius 3 is 2.43 bits per heavy atom. The number of anilines is 1. The van der Waals surface area contributed by atoms with E-state index >= 15 is 0 Å². The van der Waals surface area contributed by atoms with E-state index in [1.54, 1.807) is 38.4 Å². The number of hydrogen-bond donors (Lipinski definition) is 1. The number of ether oxygens (including phenoxy) is 1. The van der Waals surface area contributed by atoms with Crippen molar-refractivity contribution in [1.29, 1.82) is 0 Å². The zero-order chi connectivity index (χ0) is 15.2. The van der Waals surface area contributed by atoms with Crippen LogP contribution in [0.4, 0.5) is 5.69 Å². The van der Waals surface area contributed by atoms with Crippen molar-refractivity contribution >= 4 is 11.6 Å². The highest BCUT2D eigenvalue weighted by Gasteiger charge is 2.49. The number of carbonyl (C=O) groups is 1. The predicted molar refractivity (Wildman–Crippen MR) is 80.6 cm³/mol. The van der Waals surface area contributed by atoms with Crippen LogP contribution in [0.1, 0.15) is 16.7 Å². The van der Waals surface area contributed by atoms with Gasteiger partial charge in [0.2, 0.25) is 0 Å². The Morgan fingerprint density at radius 1 is 1.14 bits per heavy atom. The highest BCUT2D eigenvalue weighted by atomic mass is 16.5. The first-order chi connectivity index (χ1) is 9.98. The zero-order valence-electron chi connectivity index (χ0n) is 12.3. The van der Waals surface area contributed by atoms with Gasteiger partial charge in [0.1, 0.15) is 5.75 Å². The van der Waals surface area contributed by atoms with Crippen LogP contribution in [0.3, 0.4) is 0 Å². The Labute approximate surface area is 123 Å². The average molecular weight is 283 g/mol. The Morgan fingerprint density at radius 2 is 1.81 bits per heavy atom. The van der Waals surface area contributed by atoms with Crippen molar-refractivity contribution in [3.8, 4) is 5.75 Å². The minimum Gasteiger partial charge on any atom is -0.497 e. The number of amides is 1. The van der Waals surface area contributed by atoms with Gasteiger partial charge in [0.15, 0.2) is 5.60 Å². The van der Waals surface area contributed by atoms with Gasteiger partial charge in [-0.1, -0.05) is 29.8 Å². The summed E-state index contributed by atoms with van der Waals surface area (Å²) in [5.74, 6) is 0.346. The minimum absolute atomic E-state index is 0.340. The van der Waals surface area contributed by atoms with Gasteiger partial charge in [-0.05, 0) is 30.7 Å². The largest absolute Gasteiger partial charge is 0.497 e. The van der Waals surface area contributed by atoms with Crippen molar-refractivity contribution in [3.05, 3.63) is 59.2 Å². The maximum absolute atomic E-state index is 12.6. The summed E-state index contributed by atoms with van der Waals surface area (Å²) in [4.78, 5) is 14.1. The molecule has 0 fully saturated rings. The number of benzene rings is 2. The number of carbonyl (C=O) groups excluding carboxylic acids is 1. The number of hydrogen-bond acceptors (Lipinski definition) is 3. The third kappa shape index (κ3) is 1.83. The quantitative estimate of drug-likeness (QED) is 0.919. The van der Waals surface area contributed by atoms with Crippen LogP contribution in [0.25, 0.3) is 0 Å². The summed E-state index contributed by atoms with van der Waals surface area (Å²) < 4.78 is 5.12. The van der Waals surface area contributed by atoms with Gasteiger partial charge in [-0.15, -0.1) is 0 Å². The van der Waals surface area contributed by atoms with Gasteiger partial charge < -0.3 is 14.7 Å². The van der Waals surface area contributed by atoms with Gasteiger partial charge in [-0.2, -0.15) is 0 Å². The topological polar surface area (TPSA) is 49.8 Å². The van der Waals surface area contributed by atoms with Crippen LogP contribution >= 0.6 is 0 Å².